The topological polar surface area (TPSA) is 83.3 Å². The van der Waals surface area contributed by atoms with Crippen LogP contribution in [0.3, 0.4) is 0 Å². The number of carbonyl (C=O) groups excluding carboxylic acids is 1. The number of ether oxygens (including phenoxy) is 1. The Labute approximate surface area is 232 Å². The van der Waals surface area contributed by atoms with Crippen LogP contribution >= 0.6 is 0 Å². The molecule has 0 N–H and O–H groups in total. The average molecular weight is 554 g/mol. The molecule has 1 fully saturated rings. The van der Waals surface area contributed by atoms with Gasteiger partial charge in [0, 0.05) is 38.1 Å². The summed E-state index contributed by atoms with van der Waals surface area (Å²) in [5.74, 6) is 0.732. The van der Waals surface area contributed by atoms with E-state index >= 15 is 0 Å². The zero-order valence-electron chi connectivity index (χ0n) is 23.0. The molecule has 3 aromatic rings. The van der Waals surface area contributed by atoms with E-state index in [0.29, 0.717) is 18.0 Å². The minimum atomic E-state index is -3.61. The van der Waals surface area contributed by atoms with Crippen LogP contribution < -0.4 is 0 Å². The first-order valence-corrected chi connectivity index (χ1v) is 14.8. The molecule has 2 heterocycles. The van der Waals surface area contributed by atoms with E-state index in [9.17, 15) is 13.2 Å². The summed E-state index contributed by atoms with van der Waals surface area (Å²) in [4.78, 5) is 17.0. The number of hydrogen-bond donors (Lipinski definition) is 0. The van der Waals surface area contributed by atoms with Gasteiger partial charge in [-0.05, 0) is 55.6 Å². The molecule has 39 heavy (non-hydrogen) atoms. The summed E-state index contributed by atoms with van der Waals surface area (Å²) in [6.07, 6.45) is 3.73. The number of rotatable bonds is 11. The first-order chi connectivity index (χ1) is 18.7. The second-order valence-corrected chi connectivity index (χ2v) is 12.5. The van der Waals surface area contributed by atoms with Gasteiger partial charge in [-0.25, -0.2) is 17.5 Å². The highest BCUT2D eigenvalue weighted by Gasteiger charge is 2.35. The molecule has 1 amide bonds. The van der Waals surface area contributed by atoms with Crippen molar-refractivity contribution in [2.45, 2.75) is 49.1 Å². The summed E-state index contributed by atoms with van der Waals surface area (Å²) in [5.41, 5.74) is 0.733. The van der Waals surface area contributed by atoms with Crippen molar-refractivity contribution in [1.29, 1.82) is 0 Å². The molecule has 1 atom stereocenters. The van der Waals surface area contributed by atoms with E-state index in [0.717, 1.165) is 50.2 Å². The summed E-state index contributed by atoms with van der Waals surface area (Å²) in [5, 5.41) is 0. The molecule has 8 nitrogen and oxygen atoms in total. The lowest BCUT2D eigenvalue weighted by atomic mass is 9.79. The molecular formula is C30H39N3O5S. The van der Waals surface area contributed by atoms with Gasteiger partial charge in [0.25, 0.3) is 0 Å². The van der Waals surface area contributed by atoms with Crippen molar-refractivity contribution >= 4 is 16.1 Å². The van der Waals surface area contributed by atoms with Crippen LogP contribution in [-0.4, -0.2) is 75.0 Å². The van der Waals surface area contributed by atoms with E-state index in [2.05, 4.69) is 24.0 Å². The number of amides is 1. The van der Waals surface area contributed by atoms with E-state index < -0.39 is 10.0 Å². The van der Waals surface area contributed by atoms with Crippen molar-refractivity contribution in [3.8, 4) is 0 Å². The SMILES string of the molecule is COC(=O)N(Cc1ccco1)C1CCN(CCC(C)(CN(C)S(=O)(=O)c2ccccc2)c2ccccc2)CC1. The Bertz CT molecular complexity index is 1280. The lowest BCUT2D eigenvalue weighted by Crippen LogP contribution is -2.48. The minimum Gasteiger partial charge on any atom is -0.467 e. The molecule has 1 aliphatic heterocycles. The molecule has 0 saturated carbocycles. The van der Waals surface area contributed by atoms with E-state index in [4.69, 9.17) is 9.15 Å². The third-order valence-corrected chi connectivity index (χ3v) is 9.60. The van der Waals surface area contributed by atoms with Crippen LogP contribution in [0.1, 0.15) is 37.5 Å². The Morgan fingerprint density at radius 2 is 1.67 bits per heavy atom. The van der Waals surface area contributed by atoms with E-state index in [1.165, 1.54) is 11.4 Å². The molecule has 0 aliphatic carbocycles. The monoisotopic (exact) mass is 553 g/mol. The van der Waals surface area contributed by atoms with Crippen molar-refractivity contribution in [2.75, 3.05) is 40.3 Å². The number of likely N-dealkylation sites (N-methyl/N-ethyl adjacent to an activating group) is 1. The summed E-state index contributed by atoms with van der Waals surface area (Å²) in [7, 11) is -0.539. The number of hydrogen-bond acceptors (Lipinski definition) is 6. The largest absolute Gasteiger partial charge is 0.467 e. The van der Waals surface area contributed by atoms with Gasteiger partial charge in [0.05, 0.1) is 24.8 Å². The fourth-order valence-electron chi connectivity index (χ4n) is 5.39. The summed E-state index contributed by atoms with van der Waals surface area (Å²) < 4.78 is 38.6. The molecule has 1 aliphatic rings. The third kappa shape index (κ3) is 7.09. The zero-order chi connectivity index (χ0) is 27.9. The molecule has 1 saturated heterocycles. The number of furan rings is 1. The molecule has 1 aromatic heterocycles. The number of methoxy groups -OCH3 is 1. The van der Waals surface area contributed by atoms with E-state index in [1.54, 1.807) is 42.5 Å². The van der Waals surface area contributed by atoms with Gasteiger partial charge in [-0.3, -0.25) is 4.90 Å². The summed E-state index contributed by atoms with van der Waals surface area (Å²) in [6.45, 7) is 5.42. The van der Waals surface area contributed by atoms with Crippen molar-refractivity contribution in [2.24, 2.45) is 0 Å². The van der Waals surface area contributed by atoms with Gasteiger partial charge in [0.2, 0.25) is 10.0 Å². The molecule has 4 rings (SSSR count). The van der Waals surface area contributed by atoms with Crippen LogP contribution in [0, 0.1) is 0 Å². The highest BCUT2D eigenvalue weighted by Crippen LogP contribution is 2.31. The lowest BCUT2D eigenvalue weighted by molar-refractivity contribution is 0.0689. The Kier molecular flexibility index (Phi) is 9.48. The molecule has 2 aromatic carbocycles. The maximum atomic E-state index is 13.3. The fraction of sp³-hybridized carbons (Fsp3) is 0.433. The number of piperidine rings is 1. The maximum Gasteiger partial charge on any atom is 0.410 e. The van der Waals surface area contributed by atoms with Crippen LogP contribution in [0.15, 0.2) is 88.4 Å². The fourth-order valence-corrected chi connectivity index (χ4v) is 6.71. The highest BCUT2D eigenvalue weighted by molar-refractivity contribution is 7.89. The van der Waals surface area contributed by atoms with Gasteiger partial charge in [-0.1, -0.05) is 55.5 Å². The first kappa shape index (κ1) is 28.9. The molecule has 1 unspecified atom stereocenters. The molecular weight excluding hydrogens is 514 g/mol. The van der Waals surface area contributed by atoms with Gasteiger partial charge in [-0.15, -0.1) is 0 Å². The Balaban J connectivity index is 1.41. The van der Waals surface area contributed by atoms with E-state index in [1.807, 2.05) is 36.4 Å². The Morgan fingerprint density at radius 1 is 1.03 bits per heavy atom. The highest BCUT2D eigenvalue weighted by atomic mass is 32.2. The van der Waals surface area contributed by atoms with Gasteiger partial charge in [0.1, 0.15) is 5.76 Å². The zero-order valence-corrected chi connectivity index (χ0v) is 23.8. The molecule has 0 spiro atoms. The third-order valence-electron chi connectivity index (χ3n) is 7.79. The van der Waals surface area contributed by atoms with Crippen molar-refractivity contribution in [1.82, 2.24) is 14.1 Å². The number of likely N-dealkylation sites (tertiary alicyclic amines) is 1. The van der Waals surface area contributed by atoms with Crippen LogP contribution in [-0.2, 0) is 26.7 Å². The van der Waals surface area contributed by atoms with Gasteiger partial charge < -0.3 is 14.1 Å². The van der Waals surface area contributed by atoms with Gasteiger partial charge >= 0.3 is 6.09 Å². The van der Waals surface area contributed by atoms with Gasteiger partial charge in [0.15, 0.2) is 0 Å². The smallest absolute Gasteiger partial charge is 0.410 e. The Hall–Kier alpha value is -3.14. The minimum absolute atomic E-state index is 0.0708. The summed E-state index contributed by atoms with van der Waals surface area (Å²) in [6, 6.07) is 22.5. The Morgan fingerprint density at radius 3 is 2.26 bits per heavy atom. The van der Waals surface area contributed by atoms with Crippen molar-refractivity contribution in [3.63, 3.8) is 0 Å². The quantitative estimate of drug-likeness (QED) is 0.333. The second kappa shape index (κ2) is 12.8. The number of sulfonamides is 1. The van der Waals surface area contributed by atoms with Crippen molar-refractivity contribution < 1.29 is 22.4 Å². The number of carbonyl (C=O) groups is 1. The molecule has 9 heteroatoms. The molecule has 0 radical (unpaired) electrons. The lowest BCUT2D eigenvalue weighted by Gasteiger charge is -2.40. The summed E-state index contributed by atoms with van der Waals surface area (Å²) >= 11 is 0. The normalized spacial score (nSPS) is 16.6. The maximum absolute atomic E-state index is 13.3. The van der Waals surface area contributed by atoms with E-state index in [-0.39, 0.29) is 17.6 Å². The van der Waals surface area contributed by atoms with Crippen LogP contribution in [0.5, 0.6) is 0 Å². The van der Waals surface area contributed by atoms with Crippen LogP contribution in [0.25, 0.3) is 0 Å². The number of nitrogens with zero attached hydrogens (tertiary/aromatic N) is 3. The molecule has 210 valence electrons. The predicted molar refractivity (Wildman–Crippen MR) is 151 cm³/mol. The standard InChI is InChI=1S/C30H39N3O5S/c1-30(25-11-6-4-7-12-25,24-31(2)39(35,36)28-14-8-5-9-15-28)18-21-32-19-16-26(17-20-32)33(29(34)37-3)23-27-13-10-22-38-27/h4-15,22,26H,16-21,23-24H2,1-3H3. The average Bonchev–Trinajstić information content (AvgIpc) is 3.49. The van der Waals surface area contributed by atoms with Gasteiger partial charge in [-0.2, -0.15) is 0 Å². The van der Waals surface area contributed by atoms with Crippen molar-refractivity contribution in [3.05, 3.63) is 90.4 Å². The first-order valence-electron chi connectivity index (χ1n) is 13.4. The van der Waals surface area contributed by atoms with Crippen LogP contribution in [0.2, 0.25) is 0 Å². The number of benzene rings is 2. The molecule has 0 bridgehead atoms. The predicted octanol–water partition coefficient (Wildman–Crippen LogP) is 4.98. The second-order valence-electron chi connectivity index (χ2n) is 10.5. The van der Waals surface area contributed by atoms with Crippen LogP contribution in [0.4, 0.5) is 4.79 Å².